The van der Waals surface area contributed by atoms with Crippen molar-refractivity contribution < 1.29 is 13.2 Å². The molecule has 0 fully saturated rings. The normalized spacial score (nSPS) is 11.9. The van der Waals surface area contributed by atoms with Crippen LogP contribution in [0.5, 0.6) is 0 Å². The third-order valence-electron chi connectivity index (χ3n) is 4.16. The first-order chi connectivity index (χ1) is 13.7. The van der Waals surface area contributed by atoms with Crippen molar-refractivity contribution in [2.75, 3.05) is 11.5 Å². The molecule has 0 atom stereocenters. The molecule has 0 saturated carbocycles. The molecule has 154 valence electrons. The smallest absolute Gasteiger partial charge is 0.382 e. The SMILES string of the molecule is CCCCSc1nc(N)c2[nH]c(=O)c(=O)n(Cc3cccc(C(F)(F)F)c3)c2n1. The van der Waals surface area contributed by atoms with Gasteiger partial charge < -0.3 is 10.7 Å². The second-order valence-electron chi connectivity index (χ2n) is 6.34. The molecule has 0 aliphatic carbocycles. The van der Waals surface area contributed by atoms with Crippen molar-refractivity contribution in [1.29, 1.82) is 0 Å². The summed E-state index contributed by atoms with van der Waals surface area (Å²) in [6.07, 6.45) is -2.62. The van der Waals surface area contributed by atoms with E-state index in [2.05, 4.69) is 15.0 Å². The number of halogens is 3. The Hall–Kier alpha value is -2.82. The molecule has 0 aliphatic heterocycles. The van der Waals surface area contributed by atoms with Gasteiger partial charge in [-0.3, -0.25) is 14.2 Å². The van der Waals surface area contributed by atoms with Crippen LogP contribution >= 0.6 is 11.8 Å². The largest absolute Gasteiger partial charge is 0.416 e. The number of aromatic amines is 1. The van der Waals surface area contributed by atoms with Gasteiger partial charge in [-0.2, -0.15) is 13.2 Å². The lowest BCUT2D eigenvalue weighted by Crippen LogP contribution is -2.37. The van der Waals surface area contributed by atoms with Gasteiger partial charge in [-0.25, -0.2) is 9.97 Å². The number of nitrogen functional groups attached to an aromatic ring is 1. The van der Waals surface area contributed by atoms with Crippen LogP contribution in [0.3, 0.4) is 0 Å². The zero-order chi connectivity index (χ0) is 21.2. The minimum Gasteiger partial charge on any atom is -0.382 e. The fourth-order valence-electron chi connectivity index (χ4n) is 2.69. The molecule has 0 unspecified atom stereocenters. The monoisotopic (exact) mass is 425 g/mol. The molecule has 2 heterocycles. The van der Waals surface area contributed by atoms with Crippen LogP contribution in [0, 0.1) is 0 Å². The third-order valence-corrected chi connectivity index (χ3v) is 5.09. The van der Waals surface area contributed by atoms with Crippen molar-refractivity contribution in [1.82, 2.24) is 19.5 Å². The quantitative estimate of drug-likeness (QED) is 0.272. The Bertz CT molecular complexity index is 1160. The van der Waals surface area contributed by atoms with E-state index >= 15 is 0 Å². The van der Waals surface area contributed by atoms with Crippen LogP contribution < -0.4 is 16.9 Å². The third kappa shape index (κ3) is 4.61. The Labute approximate surface area is 167 Å². The maximum absolute atomic E-state index is 13.0. The Kier molecular flexibility index (Phi) is 5.96. The number of aromatic nitrogens is 4. The zero-order valence-electron chi connectivity index (χ0n) is 15.4. The average molecular weight is 425 g/mol. The number of H-pyrrole nitrogens is 1. The van der Waals surface area contributed by atoms with Crippen molar-refractivity contribution in [2.45, 2.75) is 37.6 Å². The number of nitrogens with one attached hydrogen (secondary N) is 1. The van der Waals surface area contributed by atoms with E-state index in [1.165, 1.54) is 23.9 Å². The van der Waals surface area contributed by atoms with Crippen molar-refractivity contribution in [2.24, 2.45) is 0 Å². The fourth-order valence-corrected chi connectivity index (χ4v) is 3.62. The van der Waals surface area contributed by atoms with E-state index < -0.39 is 22.9 Å². The molecule has 7 nitrogen and oxygen atoms in total. The van der Waals surface area contributed by atoms with Crippen molar-refractivity contribution in [3.05, 3.63) is 56.1 Å². The average Bonchev–Trinajstić information content (AvgIpc) is 2.66. The zero-order valence-corrected chi connectivity index (χ0v) is 16.2. The van der Waals surface area contributed by atoms with Gasteiger partial charge >= 0.3 is 17.3 Å². The van der Waals surface area contributed by atoms with Crippen LogP contribution in [0.15, 0.2) is 39.0 Å². The molecule has 1 aromatic carbocycles. The molecule has 11 heteroatoms. The van der Waals surface area contributed by atoms with Gasteiger partial charge in [0.1, 0.15) is 5.52 Å². The van der Waals surface area contributed by atoms with Gasteiger partial charge in [0.15, 0.2) is 16.6 Å². The number of rotatable bonds is 6. The lowest BCUT2D eigenvalue weighted by Gasteiger charge is -2.13. The number of unbranched alkanes of at least 4 members (excludes halogenated alkanes) is 1. The summed E-state index contributed by atoms with van der Waals surface area (Å²) in [4.78, 5) is 35.3. The fraction of sp³-hybridized carbons (Fsp3) is 0.333. The van der Waals surface area contributed by atoms with E-state index in [-0.39, 0.29) is 29.1 Å². The first-order valence-electron chi connectivity index (χ1n) is 8.80. The Balaban J connectivity index is 2.12. The first kappa shape index (κ1) is 20.9. The molecule has 0 aliphatic rings. The summed E-state index contributed by atoms with van der Waals surface area (Å²) in [5, 5.41) is 0.327. The first-order valence-corrected chi connectivity index (χ1v) is 9.78. The van der Waals surface area contributed by atoms with Gasteiger partial charge in [-0.15, -0.1) is 0 Å². The molecule has 0 radical (unpaired) electrons. The Morgan fingerprint density at radius 2 is 2.00 bits per heavy atom. The molecule has 3 aromatic rings. The van der Waals surface area contributed by atoms with E-state index in [0.717, 1.165) is 35.3 Å². The molecule has 29 heavy (non-hydrogen) atoms. The van der Waals surface area contributed by atoms with E-state index in [4.69, 9.17) is 5.73 Å². The number of thioether (sulfide) groups is 1. The van der Waals surface area contributed by atoms with Crippen LogP contribution in [0.2, 0.25) is 0 Å². The van der Waals surface area contributed by atoms with Crippen LogP contribution in [0.25, 0.3) is 11.2 Å². The van der Waals surface area contributed by atoms with Crippen molar-refractivity contribution in [3.63, 3.8) is 0 Å². The second-order valence-corrected chi connectivity index (χ2v) is 7.40. The number of nitrogens with two attached hydrogens (primary N) is 1. The van der Waals surface area contributed by atoms with Crippen LogP contribution in [0.1, 0.15) is 30.9 Å². The summed E-state index contributed by atoms with van der Waals surface area (Å²) in [5.74, 6) is 0.728. The van der Waals surface area contributed by atoms with Crippen molar-refractivity contribution >= 4 is 28.7 Å². The maximum Gasteiger partial charge on any atom is 0.416 e. The van der Waals surface area contributed by atoms with E-state index in [9.17, 15) is 22.8 Å². The standard InChI is InChI=1S/C18H18F3N5O2S/c1-2-3-7-29-17-24-13(22)12-14(25-17)26(16(28)15(27)23-12)9-10-5-4-6-11(8-10)18(19,20)21/h4-6,8H,2-3,7,9H2,1H3,(H,23,27)(H2,22,24,25). The number of hydrogen-bond acceptors (Lipinski definition) is 6. The molecule has 0 spiro atoms. The number of alkyl halides is 3. The van der Waals surface area contributed by atoms with Gasteiger partial charge in [-0.05, 0) is 24.1 Å². The second kappa shape index (κ2) is 8.27. The molecule has 3 rings (SSSR count). The molecular weight excluding hydrogens is 407 g/mol. The van der Waals surface area contributed by atoms with Crippen LogP contribution in [0.4, 0.5) is 19.0 Å². The predicted octanol–water partition coefficient (Wildman–Crippen LogP) is 3.02. The lowest BCUT2D eigenvalue weighted by molar-refractivity contribution is -0.137. The van der Waals surface area contributed by atoms with E-state index in [1.54, 1.807) is 0 Å². The van der Waals surface area contributed by atoms with Gasteiger partial charge in [0.25, 0.3) is 0 Å². The number of anilines is 1. The molecular formula is C18H18F3N5O2S. The summed E-state index contributed by atoms with van der Waals surface area (Å²) in [6, 6.07) is 4.55. The molecule has 3 N–H and O–H groups in total. The van der Waals surface area contributed by atoms with Gasteiger partial charge in [0.05, 0.1) is 12.1 Å². The highest BCUT2D eigenvalue weighted by Gasteiger charge is 2.30. The molecule has 0 amide bonds. The minimum atomic E-state index is -4.52. The highest BCUT2D eigenvalue weighted by molar-refractivity contribution is 7.99. The van der Waals surface area contributed by atoms with E-state index in [0.29, 0.717) is 5.16 Å². The van der Waals surface area contributed by atoms with Crippen LogP contribution in [-0.4, -0.2) is 25.3 Å². The Morgan fingerprint density at radius 3 is 2.69 bits per heavy atom. The van der Waals surface area contributed by atoms with Crippen molar-refractivity contribution in [3.8, 4) is 0 Å². The summed E-state index contributed by atoms with van der Waals surface area (Å²) in [6.45, 7) is 1.77. The maximum atomic E-state index is 13.0. The Morgan fingerprint density at radius 1 is 1.24 bits per heavy atom. The highest BCUT2D eigenvalue weighted by Crippen LogP contribution is 2.29. The minimum absolute atomic E-state index is 0.0103. The van der Waals surface area contributed by atoms with Crippen LogP contribution in [-0.2, 0) is 12.7 Å². The molecule has 2 aromatic heterocycles. The summed E-state index contributed by atoms with van der Waals surface area (Å²) >= 11 is 1.35. The van der Waals surface area contributed by atoms with E-state index in [1.807, 2.05) is 6.92 Å². The van der Waals surface area contributed by atoms with Gasteiger partial charge in [0, 0.05) is 5.75 Å². The van der Waals surface area contributed by atoms with Gasteiger partial charge in [0.2, 0.25) is 0 Å². The van der Waals surface area contributed by atoms with Gasteiger partial charge in [-0.1, -0.05) is 37.2 Å². The summed E-state index contributed by atoms with van der Waals surface area (Å²) in [7, 11) is 0. The highest BCUT2D eigenvalue weighted by atomic mass is 32.2. The predicted molar refractivity (Wildman–Crippen MR) is 105 cm³/mol. The summed E-state index contributed by atoms with van der Waals surface area (Å²) in [5.41, 5.74) is 3.53. The molecule has 0 bridgehead atoms. The topological polar surface area (TPSA) is 107 Å². The summed E-state index contributed by atoms with van der Waals surface area (Å²) < 4.78 is 40.0. The number of fused-ring (bicyclic) bond motifs is 1. The number of benzene rings is 1. The lowest BCUT2D eigenvalue weighted by atomic mass is 10.1. The number of nitrogens with zero attached hydrogens (tertiary/aromatic N) is 3. The molecule has 0 saturated heterocycles. The number of hydrogen-bond donors (Lipinski definition) is 2.